The lowest BCUT2D eigenvalue weighted by molar-refractivity contribution is 0.180. The van der Waals surface area contributed by atoms with E-state index in [4.69, 9.17) is 4.98 Å². The predicted molar refractivity (Wildman–Crippen MR) is 159 cm³/mol. The van der Waals surface area contributed by atoms with Gasteiger partial charge in [0.15, 0.2) is 5.82 Å². The number of piperidine rings is 1. The summed E-state index contributed by atoms with van der Waals surface area (Å²) < 4.78 is 3.84. The quantitative estimate of drug-likeness (QED) is 0.315. The Bertz CT molecular complexity index is 1860. The van der Waals surface area contributed by atoms with Crippen molar-refractivity contribution in [3.8, 4) is 34.2 Å². The van der Waals surface area contributed by atoms with Gasteiger partial charge in [-0.15, -0.1) is 10.2 Å². The number of aromatic amines is 1. The van der Waals surface area contributed by atoms with Crippen LogP contribution < -0.4 is 5.69 Å². The Balaban J connectivity index is 1.10. The van der Waals surface area contributed by atoms with E-state index in [0.717, 1.165) is 66.0 Å². The summed E-state index contributed by atoms with van der Waals surface area (Å²) in [4.78, 5) is 27.5. The molecule has 1 N–H and O–H groups in total. The second-order valence-electron chi connectivity index (χ2n) is 10.6. The van der Waals surface area contributed by atoms with Crippen LogP contribution in [0.5, 0.6) is 0 Å². The number of H-pyrrole nitrogens is 1. The highest BCUT2D eigenvalue weighted by Crippen LogP contribution is 2.31. The minimum absolute atomic E-state index is 0.0135. The molecular weight excluding hydrogens is 512 g/mol. The molecule has 1 fully saturated rings. The predicted octanol–water partition coefficient (Wildman–Crippen LogP) is 5.09. The molecule has 9 heteroatoms. The maximum Gasteiger partial charge on any atom is 0.326 e. The minimum Gasteiger partial charge on any atom is -0.331 e. The zero-order chi connectivity index (χ0) is 27.8. The van der Waals surface area contributed by atoms with Crippen molar-refractivity contribution in [3.63, 3.8) is 0 Å². The molecule has 3 aromatic carbocycles. The molecule has 0 unspecified atom stereocenters. The summed E-state index contributed by atoms with van der Waals surface area (Å²) in [7, 11) is 1.92. The van der Waals surface area contributed by atoms with E-state index in [1.807, 2.05) is 77.0 Å². The lowest BCUT2D eigenvalue weighted by atomic mass is 10.0. The highest BCUT2D eigenvalue weighted by atomic mass is 16.1. The molecule has 204 valence electrons. The van der Waals surface area contributed by atoms with Crippen LogP contribution in [0.2, 0.25) is 0 Å². The molecule has 4 heterocycles. The number of nitrogens with zero attached hydrogens (tertiary/aromatic N) is 7. The highest BCUT2D eigenvalue weighted by molar-refractivity contribution is 5.78. The van der Waals surface area contributed by atoms with E-state index in [9.17, 15) is 4.79 Å². The summed E-state index contributed by atoms with van der Waals surface area (Å²) in [6, 6.07) is 26.8. The highest BCUT2D eigenvalue weighted by Gasteiger charge is 2.24. The molecule has 0 atom stereocenters. The standard InChI is InChI=1S/C32H30N8O/c1-38-20-17-33-31(38)30-35-28(29(36-37-30)23-7-3-2-4-8-23)24-13-11-22(12-14-24)21-39-18-15-25(16-19-39)40-27-10-6-5-9-26(27)34-32(40)41/h2-14,17,20,25H,15-16,18-19,21H2,1H3,(H,34,41). The molecule has 6 aromatic rings. The van der Waals surface area contributed by atoms with E-state index >= 15 is 0 Å². The average molecular weight is 543 g/mol. The maximum atomic E-state index is 12.7. The SMILES string of the molecule is Cn1ccnc1-c1nnc(-c2ccccc2)c(-c2ccc(CN3CCC(n4c(=O)[nH]c5ccccc54)CC3)cc2)n1. The number of nitrogens with one attached hydrogen (secondary N) is 1. The zero-order valence-corrected chi connectivity index (χ0v) is 22.8. The van der Waals surface area contributed by atoms with Gasteiger partial charge in [-0.3, -0.25) is 9.47 Å². The van der Waals surface area contributed by atoms with Gasteiger partial charge < -0.3 is 9.55 Å². The molecule has 0 radical (unpaired) electrons. The van der Waals surface area contributed by atoms with Gasteiger partial charge in [-0.2, -0.15) is 0 Å². The first-order valence-corrected chi connectivity index (χ1v) is 13.9. The first-order valence-electron chi connectivity index (χ1n) is 13.9. The van der Waals surface area contributed by atoms with Crippen molar-refractivity contribution in [2.75, 3.05) is 13.1 Å². The van der Waals surface area contributed by atoms with Crippen LogP contribution in [0.3, 0.4) is 0 Å². The Kier molecular flexibility index (Phi) is 6.48. The van der Waals surface area contributed by atoms with Crippen molar-refractivity contribution in [2.45, 2.75) is 25.4 Å². The zero-order valence-electron chi connectivity index (χ0n) is 22.8. The minimum atomic E-state index is -0.0135. The monoisotopic (exact) mass is 542 g/mol. The molecule has 7 rings (SSSR count). The topological polar surface area (TPSA) is 97.5 Å². The van der Waals surface area contributed by atoms with Crippen LogP contribution in [-0.2, 0) is 13.6 Å². The number of hydrogen-bond donors (Lipinski definition) is 1. The smallest absolute Gasteiger partial charge is 0.326 e. The van der Waals surface area contributed by atoms with Crippen LogP contribution in [0.25, 0.3) is 45.2 Å². The fourth-order valence-corrected chi connectivity index (χ4v) is 5.79. The van der Waals surface area contributed by atoms with Crippen LogP contribution in [0, 0.1) is 0 Å². The molecule has 9 nitrogen and oxygen atoms in total. The Morgan fingerprint density at radius 2 is 1.59 bits per heavy atom. The van der Waals surface area contributed by atoms with E-state index in [0.29, 0.717) is 11.6 Å². The number of para-hydroxylation sites is 2. The third-order valence-corrected chi connectivity index (χ3v) is 7.93. The first kappa shape index (κ1) is 25.1. The van der Waals surface area contributed by atoms with Crippen LogP contribution in [0.15, 0.2) is 96.1 Å². The molecule has 0 bridgehead atoms. The number of aryl methyl sites for hydroxylation is 1. The summed E-state index contributed by atoms with van der Waals surface area (Å²) in [5.41, 5.74) is 6.59. The van der Waals surface area contributed by atoms with Crippen molar-refractivity contribution in [2.24, 2.45) is 7.05 Å². The van der Waals surface area contributed by atoms with Crippen LogP contribution in [0.4, 0.5) is 0 Å². The number of hydrogen-bond acceptors (Lipinski definition) is 6. The molecule has 1 aliphatic heterocycles. The van der Waals surface area contributed by atoms with Crippen molar-refractivity contribution < 1.29 is 0 Å². The van der Waals surface area contributed by atoms with Gasteiger partial charge in [0.25, 0.3) is 0 Å². The maximum absolute atomic E-state index is 12.7. The molecule has 0 spiro atoms. The van der Waals surface area contributed by atoms with E-state index in [1.54, 1.807) is 6.20 Å². The number of aromatic nitrogens is 7. The van der Waals surface area contributed by atoms with Crippen molar-refractivity contribution in [3.05, 3.63) is 107 Å². The Morgan fingerprint density at radius 3 is 2.34 bits per heavy atom. The summed E-state index contributed by atoms with van der Waals surface area (Å²) >= 11 is 0. The molecule has 41 heavy (non-hydrogen) atoms. The molecular formula is C32H30N8O. The lowest BCUT2D eigenvalue weighted by Crippen LogP contribution is -2.36. The van der Waals surface area contributed by atoms with E-state index < -0.39 is 0 Å². The average Bonchev–Trinajstić information content (AvgIpc) is 3.60. The van der Waals surface area contributed by atoms with Gasteiger partial charge in [0.05, 0.1) is 11.0 Å². The largest absolute Gasteiger partial charge is 0.331 e. The van der Waals surface area contributed by atoms with Gasteiger partial charge in [0.1, 0.15) is 11.4 Å². The van der Waals surface area contributed by atoms with Gasteiger partial charge in [-0.25, -0.2) is 14.8 Å². The third kappa shape index (κ3) is 4.85. The van der Waals surface area contributed by atoms with Crippen LogP contribution in [-0.4, -0.2) is 52.3 Å². The van der Waals surface area contributed by atoms with Crippen LogP contribution in [0.1, 0.15) is 24.4 Å². The Labute approximate surface area is 237 Å². The normalized spacial score (nSPS) is 14.6. The number of fused-ring (bicyclic) bond motifs is 1. The van der Waals surface area contributed by atoms with E-state index in [-0.39, 0.29) is 11.7 Å². The molecule has 1 aliphatic rings. The number of imidazole rings is 2. The fraction of sp³-hybridized carbons (Fsp3) is 0.219. The number of likely N-dealkylation sites (tertiary alicyclic amines) is 1. The number of rotatable bonds is 6. The molecule has 0 aliphatic carbocycles. The number of benzene rings is 3. The van der Waals surface area contributed by atoms with Gasteiger partial charge in [-0.1, -0.05) is 66.7 Å². The molecule has 0 amide bonds. The third-order valence-electron chi connectivity index (χ3n) is 7.93. The second-order valence-corrected chi connectivity index (χ2v) is 10.6. The van der Waals surface area contributed by atoms with Crippen LogP contribution >= 0.6 is 0 Å². The van der Waals surface area contributed by atoms with Gasteiger partial charge >= 0.3 is 5.69 Å². The van der Waals surface area contributed by atoms with Gasteiger partial charge in [0, 0.05) is 56.2 Å². The van der Waals surface area contributed by atoms with Crippen molar-refractivity contribution in [1.82, 2.24) is 39.2 Å². The summed E-state index contributed by atoms with van der Waals surface area (Å²) in [6.45, 7) is 2.75. The van der Waals surface area contributed by atoms with Gasteiger partial charge in [-0.05, 0) is 30.5 Å². The Morgan fingerprint density at radius 1 is 0.854 bits per heavy atom. The summed E-state index contributed by atoms with van der Waals surface area (Å²) in [6.07, 6.45) is 5.51. The van der Waals surface area contributed by atoms with Crippen molar-refractivity contribution >= 4 is 11.0 Å². The second kappa shape index (κ2) is 10.6. The summed E-state index contributed by atoms with van der Waals surface area (Å²) in [5, 5.41) is 9.00. The Hall–Kier alpha value is -4.89. The first-order chi connectivity index (χ1) is 20.1. The van der Waals surface area contributed by atoms with Crippen molar-refractivity contribution in [1.29, 1.82) is 0 Å². The van der Waals surface area contributed by atoms with E-state index in [2.05, 4.69) is 49.3 Å². The van der Waals surface area contributed by atoms with Gasteiger partial charge in [0.2, 0.25) is 5.82 Å². The lowest BCUT2D eigenvalue weighted by Gasteiger charge is -2.32. The van der Waals surface area contributed by atoms with E-state index in [1.165, 1.54) is 5.56 Å². The summed E-state index contributed by atoms with van der Waals surface area (Å²) in [5.74, 6) is 1.17. The molecule has 0 saturated carbocycles. The molecule has 1 saturated heterocycles. The molecule has 3 aromatic heterocycles. The fourth-order valence-electron chi connectivity index (χ4n) is 5.79.